The molecule has 0 spiro atoms. The van der Waals surface area contributed by atoms with E-state index in [9.17, 15) is 9.59 Å². The molecule has 0 saturated carbocycles. The number of H-pyrrole nitrogens is 1. The first-order chi connectivity index (χ1) is 14.1. The third-order valence-electron chi connectivity index (χ3n) is 4.42. The molecule has 0 aliphatic heterocycles. The summed E-state index contributed by atoms with van der Waals surface area (Å²) in [5.41, 5.74) is 8.53. The number of aromatic amines is 1. The number of hydrogen-bond acceptors (Lipinski definition) is 4. The highest BCUT2D eigenvalue weighted by molar-refractivity contribution is 6.12. The molecule has 0 saturated heterocycles. The number of nitrogens with zero attached hydrogens (tertiary/aromatic N) is 1. The van der Waals surface area contributed by atoms with Gasteiger partial charge in [-0.3, -0.25) is 14.6 Å². The molecule has 4 aromatic rings. The molecule has 0 fully saturated rings. The molecule has 2 aromatic carbocycles. The number of carbonyl (C=O) groups excluding carboxylic acids is 2. The van der Waals surface area contributed by atoms with Crippen LogP contribution in [0.4, 0.5) is 5.69 Å². The lowest BCUT2D eigenvalue weighted by molar-refractivity contribution is 0.0997. The topological polar surface area (TPSA) is 110 Å². The molecule has 2 heterocycles. The number of nitrogens with one attached hydrogen (secondary N) is 2. The number of amides is 2. The molecule has 4 N–H and O–H groups in total. The van der Waals surface area contributed by atoms with E-state index in [4.69, 9.17) is 10.5 Å². The number of fused-ring (bicyclic) bond motifs is 1. The maximum absolute atomic E-state index is 12.7. The number of nitrogens with two attached hydrogens (primary N) is 1. The monoisotopic (exact) mass is 386 g/mol. The van der Waals surface area contributed by atoms with Crippen molar-refractivity contribution in [3.63, 3.8) is 0 Å². The summed E-state index contributed by atoms with van der Waals surface area (Å²) in [7, 11) is 0. The number of anilines is 1. The van der Waals surface area contributed by atoms with Crippen molar-refractivity contribution >= 4 is 28.4 Å². The van der Waals surface area contributed by atoms with Crippen LogP contribution in [0.15, 0.2) is 73.2 Å². The molecule has 0 aliphatic carbocycles. The number of carbonyl (C=O) groups is 2. The number of rotatable bonds is 6. The van der Waals surface area contributed by atoms with Crippen molar-refractivity contribution < 1.29 is 14.3 Å². The predicted molar refractivity (Wildman–Crippen MR) is 110 cm³/mol. The van der Waals surface area contributed by atoms with Gasteiger partial charge < -0.3 is 20.8 Å². The number of aromatic nitrogens is 2. The van der Waals surface area contributed by atoms with Crippen LogP contribution in [-0.4, -0.2) is 21.8 Å². The van der Waals surface area contributed by atoms with Crippen molar-refractivity contribution in [2.24, 2.45) is 5.73 Å². The summed E-state index contributed by atoms with van der Waals surface area (Å²) in [6, 6.07) is 16.5. The molecule has 0 atom stereocenters. The smallest absolute Gasteiger partial charge is 0.257 e. The van der Waals surface area contributed by atoms with Gasteiger partial charge in [-0.25, -0.2) is 0 Å². The largest absolute Gasteiger partial charge is 0.487 e. The highest BCUT2D eigenvalue weighted by Gasteiger charge is 2.12. The minimum Gasteiger partial charge on any atom is -0.487 e. The zero-order chi connectivity index (χ0) is 20.2. The maximum atomic E-state index is 12.7. The Kier molecular flexibility index (Phi) is 4.94. The summed E-state index contributed by atoms with van der Waals surface area (Å²) in [6.07, 6.45) is 4.59. The Morgan fingerprint density at radius 3 is 2.79 bits per heavy atom. The lowest BCUT2D eigenvalue weighted by Crippen LogP contribution is -2.12. The van der Waals surface area contributed by atoms with E-state index in [0.29, 0.717) is 17.0 Å². The molecule has 7 heteroatoms. The predicted octanol–water partition coefficient (Wildman–Crippen LogP) is 3.49. The maximum Gasteiger partial charge on any atom is 0.257 e. The fourth-order valence-corrected chi connectivity index (χ4v) is 3.00. The van der Waals surface area contributed by atoms with Crippen LogP contribution < -0.4 is 15.8 Å². The van der Waals surface area contributed by atoms with Gasteiger partial charge in [0.2, 0.25) is 5.91 Å². The second kappa shape index (κ2) is 7.85. The number of para-hydroxylation sites is 1. The lowest BCUT2D eigenvalue weighted by Gasteiger charge is -2.09. The molecular weight excluding hydrogens is 368 g/mol. The first-order valence-corrected chi connectivity index (χ1v) is 8.94. The van der Waals surface area contributed by atoms with Gasteiger partial charge in [0.25, 0.3) is 5.91 Å². The van der Waals surface area contributed by atoms with Crippen molar-refractivity contribution in [3.8, 4) is 5.75 Å². The fourth-order valence-electron chi connectivity index (χ4n) is 3.00. The van der Waals surface area contributed by atoms with E-state index in [-0.39, 0.29) is 18.1 Å². The van der Waals surface area contributed by atoms with Crippen LogP contribution in [0.2, 0.25) is 0 Å². The molecule has 29 heavy (non-hydrogen) atoms. The standard InChI is InChI=1S/C22H18N4O3/c23-21(27)15-9-17(11-24-10-15)29-13-14-4-3-5-16(8-14)26-22(28)19-12-25-20-7-2-1-6-18(19)20/h1-12,25H,13H2,(H2,23,27)(H,26,28). The normalized spacial score (nSPS) is 10.6. The van der Waals surface area contributed by atoms with Crippen molar-refractivity contribution in [2.75, 3.05) is 5.32 Å². The van der Waals surface area contributed by atoms with Crippen molar-refractivity contribution in [2.45, 2.75) is 6.61 Å². The average Bonchev–Trinajstić information content (AvgIpc) is 3.17. The van der Waals surface area contributed by atoms with Gasteiger partial charge >= 0.3 is 0 Å². The molecule has 0 bridgehead atoms. The summed E-state index contributed by atoms with van der Waals surface area (Å²) in [4.78, 5) is 30.9. The fraction of sp³-hybridized carbons (Fsp3) is 0.0455. The number of benzene rings is 2. The van der Waals surface area contributed by atoms with Gasteiger partial charge in [0.1, 0.15) is 12.4 Å². The van der Waals surface area contributed by atoms with Gasteiger partial charge in [-0.2, -0.15) is 0 Å². The zero-order valence-corrected chi connectivity index (χ0v) is 15.4. The first-order valence-electron chi connectivity index (χ1n) is 8.94. The quantitative estimate of drug-likeness (QED) is 0.471. The van der Waals surface area contributed by atoms with E-state index in [1.165, 1.54) is 18.5 Å². The third-order valence-corrected chi connectivity index (χ3v) is 4.42. The molecule has 2 amide bonds. The Balaban J connectivity index is 1.45. The molecule has 4 rings (SSSR count). The summed E-state index contributed by atoms with van der Waals surface area (Å²) in [6.45, 7) is 0.251. The summed E-state index contributed by atoms with van der Waals surface area (Å²) in [5, 5.41) is 3.78. The van der Waals surface area contributed by atoms with Crippen LogP contribution in [-0.2, 0) is 6.61 Å². The molecule has 7 nitrogen and oxygen atoms in total. The van der Waals surface area contributed by atoms with Crippen LogP contribution >= 0.6 is 0 Å². The van der Waals surface area contributed by atoms with Gasteiger partial charge in [0, 0.05) is 29.0 Å². The third kappa shape index (κ3) is 4.08. The van der Waals surface area contributed by atoms with E-state index >= 15 is 0 Å². The first kappa shape index (κ1) is 18.2. The van der Waals surface area contributed by atoms with E-state index < -0.39 is 5.91 Å². The Bertz CT molecular complexity index is 1200. The Hall–Kier alpha value is -4.13. The Morgan fingerprint density at radius 2 is 1.93 bits per heavy atom. The molecule has 0 aliphatic rings. The summed E-state index contributed by atoms with van der Waals surface area (Å²) < 4.78 is 5.68. The highest BCUT2D eigenvalue weighted by Crippen LogP contribution is 2.20. The number of primary amides is 1. The summed E-state index contributed by atoms with van der Waals surface area (Å²) in [5.74, 6) is -0.321. The number of pyridine rings is 1. The Morgan fingerprint density at radius 1 is 1.07 bits per heavy atom. The highest BCUT2D eigenvalue weighted by atomic mass is 16.5. The van der Waals surface area contributed by atoms with Gasteiger partial charge in [0.05, 0.1) is 17.3 Å². The van der Waals surface area contributed by atoms with E-state index in [1.807, 2.05) is 48.5 Å². The average molecular weight is 386 g/mol. The van der Waals surface area contributed by atoms with Crippen molar-refractivity contribution in [1.82, 2.24) is 9.97 Å². The minimum atomic E-state index is -0.565. The molecule has 144 valence electrons. The van der Waals surface area contributed by atoms with Gasteiger partial charge in [-0.1, -0.05) is 30.3 Å². The van der Waals surface area contributed by atoms with Crippen LogP contribution in [0.1, 0.15) is 26.3 Å². The van der Waals surface area contributed by atoms with Crippen LogP contribution in [0.3, 0.4) is 0 Å². The second-order valence-corrected chi connectivity index (χ2v) is 6.46. The lowest BCUT2D eigenvalue weighted by atomic mass is 10.1. The van der Waals surface area contributed by atoms with Crippen molar-refractivity contribution in [1.29, 1.82) is 0 Å². The zero-order valence-electron chi connectivity index (χ0n) is 15.4. The van der Waals surface area contributed by atoms with E-state index in [2.05, 4.69) is 15.3 Å². The summed E-state index contributed by atoms with van der Waals surface area (Å²) >= 11 is 0. The number of ether oxygens (including phenoxy) is 1. The molecule has 2 aromatic heterocycles. The van der Waals surface area contributed by atoms with Gasteiger partial charge in [-0.15, -0.1) is 0 Å². The van der Waals surface area contributed by atoms with Crippen molar-refractivity contribution in [3.05, 3.63) is 89.9 Å². The van der Waals surface area contributed by atoms with E-state index in [0.717, 1.165) is 16.5 Å². The second-order valence-electron chi connectivity index (χ2n) is 6.46. The Labute approximate surface area is 166 Å². The molecule has 0 radical (unpaired) electrons. The van der Waals surface area contributed by atoms with Gasteiger partial charge in [0.15, 0.2) is 0 Å². The minimum absolute atomic E-state index is 0.195. The van der Waals surface area contributed by atoms with E-state index in [1.54, 1.807) is 6.20 Å². The van der Waals surface area contributed by atoms with Gasteiger partial charge in [-0.05, 0) is 29.8 Å². The van der Waals surface area contributed by atoms with Crippen LogP contribution in [0.25, 0.3) is 10.9 Å². The SMILES string of the molecule is NC(=O)c1cncc(OCc2cccc(NC(=O)c3c[nH]c4ccccc34)c2)c1. The van der Waals surface area contributed by atoms with Crippen LogP contribution in [0.5, 0.6) is 5.75 Å². The molecule has 0 unspecified atom stereocenters. The van der Waals surface area contributed by atoms with Crippen LogP contribution in [0, 0.1) is 0 Å². The molecular formula is C22H18N4O3. The number of hydrogen-bond donors (Lipinski definition) is 3.